The van der Waals surface area contributed by atoms with Crippen molar-refractivity contribution in [1.29, 1.82) is 5.26 Å². The molecule has 1 unspecified atom stereocenters. The zero-order valence-electron chi connectivity index (χ0n) is 19.0. The van der Waals surface area contributed by atoms with Crippen molar-refractivity contribution in [2.24, 2.45) is 5.92 Å². The molecule has 1 aliphatic rings. The molecule has 1 heterocycles. The summed E-state index contributed by atoms with van der Waals surface area (Å²) >= 11 is 0. The Labute approximate surface area is 190 Å². The number of halogens is 1. The van der Waals surface area contributed by atoms with E-state index in [1.165, 1.54) is 12.1 Å². The Morgan fingerprint density at radius 2 is 1.75 bits per heavy atom. The number of carbonyl (C=O) groups excluding carboxylic acids is 1. The fraction of sp³-hybridized carbons (Fsp3) is 0.462. The third kappa shape index (κ3) is 5.86. The molecule has 0 aliphatic carbocycles. The van der Waals surface area contributed by atoms with Gasteiger partial charge >= 0.3 is 0 Å². The first-order valence-electron chi connectivity index (χ1n) is 11.3. The van der Waals surface area contributed by atoms with E-state index >= 15 is 0 Å². The van der Waals surface area contributed by atoms with Crippen LogP contribution < -0.4 is 4.74 Å². The first-order valence-corrected chi connectivity index (χ1v) is 11.3. The van der Waals surface area contributed by atoms with Gasteiger partial charge in [0.15, 0.2) is 0 Å². The number of benzene rings is 2. The Morgan fingerprint density at radius 3 is 2.34 bits per heavy atom. The number of hydrogen-bond donors (Lipinski definition) is 0. The quantitative estimate of drug-likeness (QED) is 0.589. The second-order valence-electron chi connectivity index (χ2n) is 8.63. The molecule has 2 aromatic carbocycles. The van der Waals surface area contributed by atoms with E-state index in [-0.39, 0.29) is 17.6 Å². The Bertz CT molecular complexity index is 903. The Morgan fingerprint density at radius 1 is 1.09 bits per heavy atom. The third-order valence-electron chi connectivity index (χ3n) is 6.42. The summed E-state index contributed by atoms with van der Waals surface area (Å²) in [4.78, 5) is 17.1. The molecule has 0 saturated carbocycles. The average molecular weight is 438 g/mol. The van der Waals surface area contributed by atoms with Gasteiger partial charge in [0.2, 0.25) is 5.91 Å². The maximum Gasteiger partial charge on any atom is 0.222 e. The lowest BCUT2D eigenvalue weighted by molar-refractivity contribution is -0.133. The van der Waals surface area contributed by atoms with Crippen molar-refractivity contribution in [3.63, 3.8) is 0 Å². The Balaban J connectivity index is 1.45. The molecule has 1 amide bonds. The minimum atomic E-state index is -0.656. The van der Waals surface area contributed by atoms with E-state index in [1.54, 1.807) is 12.1 Å². The fourth-order valence-corrected chi connectivity index (χ4v) is 4.26. The zero-order chi connectivity index (χ0) is 23.0. The van der Waals surface area contributed by atoms with E-state index in [0.29, 0.717) is 38.3 Å². The average Bonchev–Trinajstić information content (AvgIpc) is 2.82. The number of amides is 1. The van der Waals surface area contributed by atoms with Gasteiger partial charge in [0.05, 0.1) is 11.5 Å². The molecular weight excluding hydrogens is 405 g/mol. The summed E-state index contributed by atoms with van der Waals surface area (Å²) in [6.45, 7) is 8.34. The number of hydrogen-bond acceptors (Lipinski definition) is 4. The highest BCUT2D eigenvalue weighted by Gasteiger charge is 2.36. The van der Waals surface area contributed by atoms with Crippen LogP contribution >= 0.6 is 0 Å². The van der Waals surface area contributed by atoms with Gasteiger partial charge in [0.1, 0.15) is 18.2 Å². The molecule has 1 saturated heterocycles. The molecule has 0 N–H and O–H groups in total. The van der Waals surface area contributed by atoms with E-state index in [9.17, 15) is 14.4 Å². The molecular formula is C26H32FN3O2. The molecule has 0 radical (unpaired) electrons. The van der Waals surface area contributed by atoms with Crippen LogP contribution in [0, 0.1) is 23.1 Å². The third-order valence-corrected chi connectivity index (χ3v) is 6.42. The first-order chi connectivity index (χ1) is 15.4. The summed E-state index contributed by atoms with van der Waals surface area (Å²) in [6, 6.07) is 18.4. The number of carbonyl (C=O) groups is 1. The van der Waals surface area contributed by atoms with Crippen LogP contribution in [0.5, 0.6) is 5.75 Å². The summed E-state index contributed by atoms with van der Waals surface area (Å²) < 4.78 is 18.6. The van der Waals surface area contributed by atoms with Gasteiger partial charge in [-0.05, 0) is 42.2 Å². The molecule has 1 atom stereocenters. The molecule has 1 fully saturated rings. The van der Waals surface area contributed by atoms with Crippen LogP contribution in [-0.4, -0.2) is 55.0 Å². The highest BCUT2D eigenvalue weighted by Crippen LogP contribution is 2.36. The lowest BCUT2D eigenvalue weighted by Crippen LogP contribution is -2.49. The summed E-state index contributed by atoms with van der Waals surface area (Å²) in [5.41, 5.74) is 0.326. The summed E-state index contributed by atoms with van der Waals surface area (Å²) in [5, 5.41) is 10.0. The van der Waals surface area contributed by atoms with Gasteiger partial charge in [-0.25, -0.2) is 4.39 Å². The fourth-order valence-electron chi connectivity index (χ4n) is 4.26. The van der Waals surface area contributed by atoms with Crippen LogP contribution in [0.25, 0.3) is 0 Å². The van der Waals surface area contributed by atoms with Crippen molar-refractivity contribution in [2.45, 2.75) is 32.1 Å². The largest absolute Gasteiger partial charge is 0.492 e. The van der Waals surface area contributed by atoms with Gasteiger partial charge in [0, 0.05) is 39.1 Å². The monoisotopic (exact) mass is 437 g/mol. The maximum absolute atomic E-state index is 13.0. The smallest absolute Gasteiger partial charge is 0.222 e. The molecule has 0 aromatic heterocycles. The summed E-state index contributed by atoms with van der Waals surface area (Å²) in [5.74, 6) is 0.608. The van der Waals surface area contributed by atoms with Crippen molar-refractivity contribution < 1.29 is 13.9 Å². The zero-order valence-corrected chi connectivity index (χ0v) is 19.0. The standard InChI is InChI=1S/C26H32FN3O2/c1-21(2)26(20-28,22-6-4-3-5-7-22)13-12-25(31)30-16-14-29(15-17-30)18-19-32-24-10-8-23(27)9-11-24/h3-11,21H,12-19H2,1-2H3. The van der Waals surface area contributed by atoms with E-state index in [2.05, 4.69) is 11.0 Å². The molecule has 1 aliphatic heterocycles. The topological polar surface area (TPSA) is 56.6 Å². The van der Waals surface area contributed by atoms with Gasteiger partial charge in [-0.15, -0.1) is 0 Å². The van der Waals surface area contributed by atoms with E-state index in [1.807, 2.05) is 49.1 Å². The highest BCUT2D eigenvalue weighted by molar-refractivity contribution is 5.76. The lowest BCUT2D eigenvalue weighted by atomic mass is 9.70. The van der Waals surface area contributed by atoms with Gasteiger partial charge in [0.25, 0.3) is 0 Å². The van der Waals surface area contributed by atoms with Crippen LogP contribution in [0.1, 0.15) is 32.3 Å². The van der Waals surface area contributed by atoms with Crippen molar-refractivity contribution in [1.82, 2.24) is 9.80 Å². The summed E-state index contributed by atoms with van der Waals surface area (Å²) in [7, 11) is 0. The van der Waals surface area contributed by atoms with E-state index in [4.69, 9.17) is 4.74 Å². The van der Waals surface area contributed by atoms with E-state index in [0.717, 1.165) is 25.2 Å². The molecule has 170 valence electrons. The molecule has 5 nitrogen and oxygen atoms in total. The van der Waals surface area contributed by atoms with Crippen LogP contribution in [0.2, 0.25) is 0 Å². The Hall–Kier alpha value is -2.91. The van der Waals surface area contributed by atoms with Crippen LogP contribution in [0.4, 0.5) is 4.39 Å². The maximum atomic E-state index is 13.0. The predicted molar refractivity (Wildman–Crippen MR) is 123 cm³/mol. The minimum Gasteiger partial charge on any atom is -0.492 e. The van der Waals surface area contributed by atoms with Crippen molar-refractivity contribution >= 4 is 5.91 Å². The lowest BCUT2D eigenvalue weighted by Gasteiger charge is -2.36. The molecule has 0 spiro atoms. The van der Waals surface area contributed by atoms with Gasteiger partial charge < -0.3 is 9.64 Å². The first kappa shape index (κ1) is 23.7. The van der Waals surface area contributed by atoms with Gasteiger partial charge in [-0.1, -0.05) is 44.2 Å². The van der Waals surface area contributed by atoms with E-state index < -0.39 is 5.41 Å². The van der Waals surface area contributed by atoms with Gasteiger partial charge in [-0.2, -0.15) is 5.26 Å². The van der Waals surface area contributed by atoms with Crippen LogP contribution in [0.3, 0.4) is 0 Å². The second kappa shape index (κ2) is 11.1. The molecule has 2 aromatic rings. The SMILES string of the molecule is CC(C)C(C#N)(CCC(=O)N1CCN(CCOc2ccc(F)cc2)CC1)c1ccccc1. The van der Waals surface area contributed by atoms with Crippen molar-refractivity contribution in [3.8, 4) is 11.8 Å². The van der Waals surface area contributed by atoms with Crippen LogP contribution in [0.15, 0.2) is 54.6 Å². The van der Waals surface area contributed by atoms with Crippen molar-refractivity contribution in [2.75, 3.05) is 39.3 Å². The van der Waals surface area contributed by atoms with Crippen molar-refractivity contribution in [3.05, 3.63) is 66.0 Å². The minimum absolute atomic E-state index is 0.112. The molecule has 32 heavy (non-hydrogen) atoms. The molecule has 6 heteroatoms. The number of piperazine rings is 1. The number of nitriles is 1. The number of ether oxygens (including phenoxy) is 1. The molecule has 3 rings (SSSR count). The second-order valence-corrected chi connectivity index (χ2v) is 8.63. The number of nitrogens with zero attached hydrogens (tertiary/aromatic N) is 3. The highest BCUT2D eigenvalue weighted by atomic mass is 19.1. The van der Waals surface area contributed by atoms with Crippen LogP contribution in [-0.2, 0) is 10.2 Å². The van der Waals surface area contributed by atoms with Gasteiger partial charge in [-0.3, -0.25) is 9.69 Å². The Kier molecular flexibility index (Phi) is 8.24. The predicted octanol–water partition coefficient (Wildman–Crippen LogP) is 4.25. The molecule has 0 bridgehead atoms. The number of rotatable bonds is 9. The summed E-state index contributed by atoms with van der Waals surface area (Å²) in [6.07, 6.45) is 0.893. The normalized spacial score (nSPS) is 16.4.